The van der Waals surface area contributed by atoms with Gasteiger partial charge in [-0.15, -0.1) is 5.11 Å². The minimum absolute atomic E-state index is 0.864. The van der Waals surface area contributed by atoms with E-state index >= 15 is 0 Å². The van der Waals surface area contributed by atoms with E-state index in [0.29, 0.717) is 0 Å². The van der Waals surface area contributed by atoms with Crippen LogP contribution in [0.15, 0.2) is 28.5 Å². The lowest BCUT2D eigenvalue weighted by atomic mass is 9.91. The summed E-state index contributed by atoms with van der Waals surface area (Å²) in [6.07, 6.45) is 4.97. The Hall–Kier alpha value is -1.38. The molecule has 0 bridgehead atoms. The zero-order valence-corrected chi connectivity index (χ0v) is 7.53. The zero-order chi connectivity index (χ0) is 9.10. The van der Waals surface area contributed by atoms with Crippen LogP contribution in [0.4, 0.5) is 5.69 Å². The number of rotatable bonds is 1. The van der Waals surface area contributed by atoms with Gasteiger partial charge in [0, 0.05) is 0 Å². The second-order valence-electron chi connectivity index (χ2n) is 3.38. The molecular formula is C10H13N3. The molecule has 0 amide bonds. The summed E-state index contributed by atoms with van der Waals surface area (Å²) in [6, 6.07) is 6.20. The SMILES string of the molecule is NN=Nc1ccc2c(c1)CCCC2. The topological polar surface area (TPSA) is 50.7 Å². The van der Waals surface area contributed by atoms with Crippen LogP contribution >= 0.6 is 0 Å². The summed E-state index contributed by atoms with van der Waals surface area (Å²) in [6.45, 7) is 0. The van der Waals surface area contributed by atoms with Crippen LogP contribution in [0.25, 0.3) is 0 Å². The minimum Gasteiger partial charge on any atom is -0.305 e. The highest BCUT2D eigenvalue weighted by atomic mass is 15.3. The molecule has 13 heavy (non-hydrogen) atoms. The number of benzene rings is 1. The molecule has 0 aliphatic heterocycles. The summed E-state index contributed by atoms with van der Waals surface area (Å²) in [5.41, 5.74) is 3.74. The van der Waals surface area contributed by atoms with E-state index in [1.54, 1.807) is 0 Å². The van der Waals surface area contributed by atoms with Crippen LogP contribution < -0.4 is 5.84 Å². The lowest BCUT2D eigenvalue weighted by Crippen LogP contribution is -2.01. The van der Waals surface area contributed by atoms with Gasteiger partial charge in [-0.25, -0.2) is 0 Å². The lowest BCUT2D eigenvalue weighted by molar-refractivity contribution is 0.685. The Morgan fingerprint density at radius 3 is 2.62 bits per heavy atom. The normalized spacial score (nSPS) is 16.0. The fourth-order valence-corrected chi connectivity index (χ4v) is 1.85. The molecule has 0 aromatic heterocycles. The summed E-state index contributed by atoms with van der Waals surface area (Å²) in [4.78, 5) is 0. The number of hydrogen-bond donors (Lipinski definition) is 1. The highest BCUT2D eigenvalue weighted by molar-refractivity contribution is 5.44. The summed E-state index contributed by atoms with van der Waals surface area (Å²) in [5.74, 6) is 4.99. The molecule has 0 atom stereocenters. The Balaban J connectivity index is 2.35. The average Bonchev–Trinajstić information content (AvgIpc) is 2.18. The second-order valence-corrected chi connectivity index (χ2v) is 3.38. The Labute approximate surface area is 77.6 Å². The van der Waals surface area contributed by atoms with Crippen LogP contribution in [0.2, 0.25) is 0 Å². The van der Waals surface area contributed by atoms with Crippen molar-refractivity contribution in [3.63, 3.8) is 0 Å². The molecule has 0 saturated carbocycles. The molecule has 0 radical (unpaired) electrons. The van der Waals surface area contributed by atoms with E-state index in [9.17, 15) is 0 Å². The molecule has 1 aliphatic rings. The lowest BCUT2D eigenvalue weighted by Gasteiger charge is -2.14. The number of fused-ring (bicyclic) bond motifs is 1. The molecule has 2 rings (SSSR count). The van der Waals surface area contributed by atoms with Crippen molar-refractivity contribution >= 4 is 5.69 Å². The highest BCUT2D eigenvalue weighted by Gasteiger charge is 2.08. The number of hydrogen-bond acceptors (Lipinski definition) is 2. The number of nitrogens with zero attached hydrogens (tertiary/aromatic N) is 2. The molecule has 3 heteroatoms. The Kier molecular flexibility index (Phi) is 2.25. The third kappa shape index (κ3) is 1.69. The Bertz CT molecular complexity index is 331. The molecule has 0 heterocycles. The quantitative estimate of drug-likeness (QED) is 0.398. The van der Waals surface area contributed by atoms with Gasteiger partial charge in [-0.2, -0.15) is 0 Å². The van der Waals surface area contributed by atoms with Gasteiger partial charge < -0.3 is 5.84 Å². The van der Waals surface area contributed by atoms with Crippen LogP contribution in [-0.4, -0.2) is 0 Å². The highest BCUT2D eigenvalue weighted by Crippen LogP contribution is 2.25. The van der Waals surface area contributed by atoms with Crippen molar-refractivity contribution in [3.8, 4) is 0 Å². The maximum Gasteiger partial charge on any atom is 0.0877 e. The molecule has 2 N–H and O–H groups in total. The van der Waals surface area contributed by atoms with Crippen LogP contribution in [0.5, 0.6) is 0 Å². The molecule has 1 aliphatic carbocycles. The summed E-state index contributed by atoms with van der Waals surface area (Å²) < 4.78 is 0. The molecule has 3 nitrogen and oxygen atoms in total. The van der Waals surface area contributed by atoms with Gasteiger partial charge in [-0.05, 0) is 48.9 Å². The van der Waals surface area contributed by atoms with Crippen LogP contribution in [-0.2, 0) is 12.8 Å². The van der Waals surface area contributed by atoms with Gasteiger partial charge in [0.2, 0.25) is 0 Å². The predicted molar refractivity (Wildman–Crippen MR) is 51.8 cm³/mol. The Morgan fingerprint density at radius 2 is 1.85 bits per heavy atom. The van der Waals surface area contributed by atoms with Gasteiger partial charge in [0.25, 0.3) is 0 Å². The van der Waals surface area contributed by atoms with E-state index in [2.05, 4.69) is 22.5 Å². The van der Waals surface area contributed by atoms with E-state index in [1.807, 2.05) is 6.07 Å². The molecule has 1 aromatic rings. The zero-order valence-electron chi connectivity index (χ0n) is 7.53. The van der Waals surface area contributed by atoms with Crippen molar-refractivity contribution in [3.05, 3.63) is 29.3 Å². The van der Waals surface area contributed by atoms with Gasteiger partial charge in [0.05, 0.1) is 5.69 Å². The first kappa shape index (κ1) is 8.23. The van der Waals surface area contributed by atoms with Crippen molar-refractivity contribution in [2.24, 2.45) is 16.2 Å². The van der Waals surface area contributed by atoms with Crippen LogP contribution in [0.1, 0.15) is 24.0 Å². The standard InChI is InChI=1S/C10H13N3/c11-13-12-10-6-5-8-3-1-2-4-9(8)7-10/h5-7H,1-4H2,(H2,11,12). The third-order valence-electron chi connectivity index (χ3n) is 2.51. The first-order chi connectivity index (χ1) is 6.40. The number of aryl methyl sites for hydroxylation is 2. The van der Waals surface area contributed by atoms with Crippen molar-refractivity contribution in [1.82, 2.24) is 0 Å². The minimum atomic E-state index is 0.864. The van der Waals surface area contributed by atoms with E-state index in [0.717, 1.165) is 5.69 Å². The molecule has 68 valence electrons. The van der Waals surface area contributed by atoms with Gasteiger partial charge in [-0.1, -0.05) is 11.3 Å². The third-order valence-corrected chi connectivity index (χ3v) is 2.51. The first-order valence-electron chi connectivity index (χ1n) is 4.63. The van der Waals surface area contributed by atoms with E-state index < -0.39 is 0 Å². The fourth-order valence-electron chi connectivity index (χ4n) is 1.85. The molecule has 0 unspecified atom stereocenters. The van der Waals surface area contributed by atoms with Gasteiger partial charge in [-0.3, -0.25) is 0 Å². The van der Waals surface area contributed by atoms with Crippen molar-refractivity contribution in [2.75, 3.05) is 0 Å². The van der Waals surface area contributed by atoms with Gasteiger partial charge >= 0.3 is 0 Å². The van der Waals surface area contributed by atoms with Gasteiger partial charge in [0.15, 0.2) is 0 Å². The van der Waals surface area contributed by atoms with Crippen LogP contribution in [0.3, 0.4) is 0 Å². The molecule has 0 fully saturated rings. The van der Waals surface area contributed by atoms with E-state index in [4.69, 9.17) is 5.84 Å². The summed E-state index contributed by atoms with van der Waals surface area (Å²) >= 11 is 0. The molecule has 0 saturated heterocycles. The monoisotopic (exact) mass is 175 g/mol. The smallest absolute Gasteiger partial charge is 0.0877 e. The van der Waals surface area contributed by atoms with Crippen LogP contribution in [0, 0.1) is 0 Å². The van der Waals surface area contributed by atoms with Crippen molar-refractivity contribution in [2.45, 2.75) is 25.7 Å². The van der Waals surface area contributed by atoms with E-state index in [-0.39, 0.29) is 0 Å². The maximum atomic E-state index is 4.99. The summed E-state index contributed by atoms with van der Waals surface area (Å²) in [7, 11) is 0. The molecule has 0 spiro atoms. The second kappa shape index (κ2) is 3.56. The average molecular weight is 175 g/mol. The predicted octanol–water partition coefficient (Wildman–Crippen LogP) is 2.52. The summed E-state index contributed by atoms with van der Waals surface area (Å²) in [5, 5.41) is 7.10. The Morgan fingerprint density at radius 1 is 1.08 bits per heavy atom. The maximum absolute atomic E-state index is 4.99. The largest absolute Gasteiger partial charge is 0.305 e. The van der Waals surface area contributed by atoms with E-state index in [1.165, 1.54) is 36.8 Å². The molecule has 1 aromatic carbocycles. The first-order valence-corrected chi connectivity index (χ1v) is 4.63. The van der Waals surface area contributed by atoms with Gasteiger partial charge in [0.1, 0.15) is 0 Å². The number of nitrogens with two attached hydrogens (primary N) is 1. The van der Waals surface area contributed by atoms with Crippen molar-refractivity contribution < 1.29 is 0 Å². The van der Waals surface area contributed by atoms with Crippen molar-refractivity contribution in [1.29, 1.82) is 0 Å². The molecular weight excluding hydrogens is 162 g/mol. The fraction of sp³-hybridized carbons (Fsp3) is 0.400.